The van der Waals surface area contributed by atoms with E-state index in [9.17, 15) is 9.90 Å². The number of benzene rings is 3. The highest BCUT2D eigenvalue weighted by Gasteiger charge is 2.25. The van der Waals surface area contributed by atoms with Gasteiger partial charge in [-0.25, -0.2) is 0 Å². The number of carbonyl (C=O) groups excluding carboxylic acids is 1. The molecule has 0 aliphatic heterocycles. The summed E-state index contributed by atoms with van der Waals surface area (Å²) in [6, 6.07) is 20.9. The minimum Gasteiger partial charge on any atom is -0.507 e. The van der Waals surface area contributed by atoms with Gasteiger partial charge in [0, 0.05) is 17.5 Å². The number of carbonyl (C=O) groups is 1. The fraction of sp³-hybridized carbons (Fsp3) is 0.596. The molecule has 0 saturated heterocycles. The molecule has 0 atom stereocenters. The van der Waals surface area contributed by atoms with E-state index in [0.717, 1.165) is 40.7 Å². The number of phenols is 1. The highest BCUT2D eigenvalue weighted by Crippen LogP contribution is 2.45. The summed E-state index contributed by atoms with van der Waals surface area (Å²) in [6.45, 7) is 16.0. The molecule has 0 spiro atoms. The molecule has 0 unspecified atom stereocenters. The third-order valence-electron chi connectivity index (χ3n) is 10.1. The van der Waals surface area contributed by atoms with E-state index in [1.165, 1.54) is 101 Å². The Balaban J connectivity index is 1.51. The maximum atomic E-state index is 12.9. The van der Waals surface area contributed by atoms with Crippen LogP contribution in [-0.4, -0.2) is 17.7 Å². The van der Waals surface area contributed by atoms with Crippen molar-refractivity contribution in [1.82, 2.24) is 0 Å². The summed E-state index contributed by atoms with van der Waals surface area (Å²) in [6.07, 6.45) is 22.2. The largest absolute Gasteiger partial charge is 0.507 e. The van der Waals surface area contributed by atoms with E-state index in [1.807, 2.05) is 12.1 Å². The quantitative estimate of drug-likeness (QED) is 0.0847. The van der Waals surface area contributed by atoms with Gasteiger partial charge in [-0.05, 0) is 63.6 Å². The zero-order valence-corrected chi connectivity index (χ0v) is 33.0. The van der Waals surface area contributed by atoms with E-state index >= 15 is 0 Å². The number of aromatic hydroxyl groups is 1. The van der Waals surface area contributed by atoms with Crippen molar-refractivity contribution in [3.63, 3.8) is 0 Å². The Morgan fingerprint density at radius 1 is 0.560 bits per heavy atom. The minimum absolute atomic E-state index is 0.0982. The molecule has 0 radical (unpaired) electrons. The van der Waals surface area contributed by atoms with Crippen LogP contribution in [0.1, 0.15) is 174 Å². The molecule has 0 amide bonds. The van der Waals surface area contributed by atoms with Gasteiger partial charge in [-0.15, -0.1) is 0 Å². The van der Waals surface area contributed by atoms with Crippen LogP contribution in [0.5, 0.6) is 5.75 Å². The third kappa shape index (κ3) is 13.9. The smallest absolute Gasteiger partial charge is 0.306 e. The SMILES string of the molecule is CCCCCCCCCCCCCCCCCCOC(=O)CCc1cc(-c2ccccc2C(C)(C)C)c(O)c(-c2ccccc2C(C)(C)C)c1. The van der Waals surface area contributed by atoms with Crippen molar-refractivity contribution >= 4 is 5.97 Å². The van der Waals surface area contributed by atoms with Gasteiger partial charge in [0.25, 0.3) is 0 Å². The summed E-state index contributed by atoms with van der Waals surface area (Å²) in [7, 11) is 0. The number of esters is 1. The fourth-order valence-electron chi connectivity index (χ4n) is 7.15. The van der Waals surface area contributed by atoms with Gasteiger partial charge < -0.3 is 9.84 Å². The van der Waals surface area contributed by atoms with Crippen molar-refractivity contribution in [3.8, 4) is 28.0 Å². The van der Waals surface area contributed by atoms with E-state index in [4.69, 9.17) is 4.74 Å². The Labute approximate surface area is 306 Å². The standard InChI is InChI=1S/C47H70O3/c1-8-9-10-11-12-13-14-15-16-17-18-19-20-21-22-27-34-50-44(48)33-32-37-35-40(38-28-23-25-30-42(38)46(2,3)4)45(49)41(36-37)39-29-24-26-31-43(39)47(5,6)7/h23-26,28-31,35-36,49H,8-22,27,32-34H2,1-7H3. The second-order valence-corrected chi connectivity index (χ2v) is 16.7. The first kappa shape index (κ1) is 41.4. The van der Waals surface area contributed by atoms with Crippen molar-refractivity contribution in [1.29, 1.82) is 0 Å². The lowest BCUT2D eigenvalue weighted by atomic mass is 9.79. The van der Waals surface area contributed by atoms with E-state index in [0.29, 0.717) is 19.4 Å². The van der Waals surface area contributed by atoms with E-state index < -0.39 is 0 Å². The number of phenolic OH excluding ortho intramolecular Hbond substituents is 1. The summed E-state index contributed by atoms with van der Waals surface area (Å²) >= 11 is 0. The Morgan fingerprint density at radius 2 is 0.940 bits per heavy atom. The lowest BCUT2D eigenvalue weighted by Gasteiger charge is -2.26. The number of aryl methyl sites for hydroxylation is 1. The first-order valence-electron chi connectivity index (χ1n) is 20.1. The van der Waals surface area contributed by atoms with Crippen LogP contribution in [0.3, 0.4) is 0 Å². The molecule has 0 saturated carbocycles. The molecule has 3 heteroatoms. The summed E-state index contributed by atoms with van der Waals surface area (Å²) in [5.41, 5.74) is 6.88. The summed E-state index contributed by atoms with van der Waals surface area (Å²) in [5, 5.41) is 11.9. The third-order valence-corrected chi connectivity index (χ3v) is 10.1. The molecule has 3 aromatic carbocycles. The molecule has 0 heterocycles. The maximum absolute atomic E-state index is 12.9. The number of hydrogen-bond donors (Lipinski definition) is 1. The average molecular weight is 683 g/mol. The average Bonchev–Trinajstić information content (AvgIpc) is 3.08. The van der Waals surface area contributed by atoms with Gasteiger partial charge >= 0.3 is 5.97 Å². The van der Waals surface area contributed by atoms with Crippen LogP contribution in [0.25, 0.3) is 22.3 Å². The van der Waals surface area contributed by atoms with Crippen molar-refractivity contribution in [2.24, 2.45) is 0 Å². The number of ether oxygens (including phenoxy) is 1. The van der Waals surface area contributed by atoms with E-state index in [2.05, 4.69) is 97.0 Å². The van der Waals surface area contributed by atoms with Crippen molar-refractivity contribution in [2.45, 2.75) is 175 Å². The number of rotatable bonds is 22. The fourth-order valence-corrected chi connectivity index (χ4v) is 7.15. The van der Waals surface area contributed by atoms with Gasteiger partial charge in [0.05, 0.1) is 6.61 Å². The molecule has 0 aromatic heterocycles. The van der Waals surface area contributed by atoms with Gasteiger partial charge in [0.1, 0.15) is 5.75 Å². The second-order valence-electron chi connectivity index (χ2n) is 16.7. The zero-order chi connectivity index (χ0) is 36.4. The Kier molecular flexibility index (Phi) is 17.6. The molecule has 0 aliphatic rings. The van der Waals surface area contributed by atoms with Gasteiger partial charge in [-0.2, -0.15) is 0 Å². The van der Waals surface area contributed by atoms with Crippen molar-refractivity contribution in [2.75, 3.05) is 6.61 Å². The van der Waals surface area contributed by atoms with Crippen molar-refractivity contribution < 1.29 is 14.6 Å². The van der Waals surface area contributed by atoms with Gasteiger partial charge in [-0.1, -0.05) is 193 Å². The summed E-state index contributed by atoms with van der Waals surface area (Å²) in [4.78, 5) is 12.9. The summed E-state index contributed by atoms with van der Waals surface area (Å²) < 4.78 is 5.68. The summed E-state index contributed by atoms with van der Waals surface area (Å²) in [5.74, 6) is 0.139. The van der Waals surface area contributed by atoms with Crippen LogP contribution in [-0.2, 0) is 26.8 Å². The molecule has 276 valence electrons. The molecular weight excluding hydrogens is 613 g/mol. The molecule has 3 rings (SSSR count). The van der Waals surface area contributed by atoms with Gasteiger partial charge in [0.15, 0.2) is 0 Å². The number of hydrogen-bond acceptors (Lipinski definition) is 3. The number of unbranched alkanes of at least 4 members (excludes halogenated alkanes) is 15. The first-order valence-corrected chi connectivity index (χ1v) is 20.1. The predicted molar refractivity (Wildman–Crippen MR) is 215 cm³/mol. The molecule has 3 aromatic rings. The van der Waals surface area contributed by atoms with Crippen LogP contribution in [0.15, 0.2) is 60.7 Å². The zero-order valence-electron chi connectivity index (χ0n) is 33.0. The molecule has 0 aliphatic carbocycles. The van der Waals surface area contributed by atoms with Crippen molar-refractivity contribution in [3.05, 3.63) is 77.4 Å². The van der Waals surface area contributed by atoms with Crippen LogP contribution >= 0.6 is 0 Å². The lowest BCUT2D eigenvalue weighted by molar-refractivity contribution is -0.143. The maximum Gasteiger partial charge on any atom is 0.306 e. The monoisotopic (exact) mass is 683 g/mol. The normalized spacial score (nSPS) is 12.0. The molecule has 0 bridgehead atoms. The Hall–Kier alpha value is -3.07. The predicted octanol–water partition coefficient (Wildman–Crippen LogP) is 14.1. The Bertz CT molecular complexity index is 1340. The highest BCUT2D eigenvalue weighted by molar-refractivity contribution is 5.86. The van der Waals surface area contributed by atoms with Gasteiger partial charge in [0.2, 0.25) is 0 Å². The molecular formula is C47H70O3. The van der Waals surface area contributed by atoms with Gasteiger partial charge in [-0.3, -0.25) is 4.79 Å². The first-order chi connectivity index (χ1) is 23.9. The second kappa shape index (κ2) is 21.3. The topological polar surface area (TPSA) is 46.5 Å². The van der Waals surface area contributed by atoms with E-state index in [1.54, 1.807) is 0 Å². The van der Waals surface area contributed by atoms with Crippen LogP contribution in [0, 0.1) is 0 Å². The minimum atomic E-state index is -0.146. The van der Waals surface area contributed by atoms with E-state index in [-0.39, 0.29) is 22.5 Å². The highest BCUT2D eigenvalue weighted by atomic mass is 16.5. The van der Waals surface area contributed by atoms with Crippen LogP contribution in [0.2, 0.25) is 0 Å². The molecule has 1 N–H and O–H groups in total. The van der Waals surface area contributed by atoms with Crippen LogP contribution in [0.4, 0.5) is 0 Å². The lowest BCUT2D eigenvalue weighted by Crippen LogP contribution is -2.13. The molecule has 50 heavy (non-hydrogen) atoms. The molecule has 0 fully saturated rings. The Morgan fingerprint density at radius 3 is 1.34 bits per heavy atom. The van der Waals surface area contributed by atoms with Crippen LogP contribution < -0.4 is 0 Å². The molecule has 3 nitrogen and oxygen atoms in total.